The van der Waals surface area contributed by atoms with Gasteiger partial charge >= 0.3 is 0 Å². The zero-order valence-electron chi connectivity index (χ0n) is 19.1. The van der Waals surface area contributed by atoms with E-state index in [1.54, 1.807) is 21.3 Å². The molecule has 0 bridgehead atoms. The Kier molecular flexibility index (Phi) is 7.66. The molecule has 6 heteroatoms. The summed E-state index contributed by atoms with van der Waals surface area (Å²) in [5.41, 5.74) is 2.21. The fraction of sp³-hybridized carbons (Fsp3) is 0.480. The molecular formula is C25H33NO5. The molecule has 1 heterocycles. The molecule has 1 amide bonds. The number of hydrogen-bond donors (Lipinski definition) is 0. The van der Waals surface area contributed by atoms with Gasteiger partial charge in [0, 0.05) is 12.5 Å². The van der Waals surface area contributed by atoms with Crippen LogP contribution in [0.2, 0.25) is 0 Å². The molecule has 2 aromatic carbocycles. The van der Waals surface area contributed by atoms with Crippen molar-refractivity contribution >= 4 is 5.91 Å². The van der Waals surface area contributed by atoms with Crippen LogP contribution >= 0.6 is 0 Å². The van der Waals surface area contributed by atoms with Crippen molar-refractivity contribution in [3.63, 3.8) is 0 Å². The second-order valence-electron chi connectivity index (χ2n) is 7.70. The summed E-state index contributed by atoms with van der Waals surface area (Å²) in [6.45, 7) is 5.16. The smallest absolute Gasteiger partial charge is 0.226 e. The van der Waals surface area contributed by atoms with Crippen LogP contribution in [-0.4, -0.2) is 45.3 Å². The van der Waals surface area contributed by atoms with Crippen molar-refractivity contribution in [2.75, 3.05) is 34.5 Å². The number of carbonyl (C=O) groups excluding carboxylic acids is 1. The molecule has 0 radical (unpaired) electrons. The number of methoxy groups -OCH3 is 3. The molecule has 3 rings (SSSR count). The molecule has 1 aliphatic rings. The summed E-state index contributed by atoms with van der Waals surface area (Å²) in [6.07, 6.45) is 2.44. The molecule has 0 saturated carbocycles. The van der Waals surface area contributed by atoms with Gasteiger partial charge in [0.25, 0.3) is 0 Å². The van der Waals surface area contributed by atoms with Crippen molar-refractivity contribution in [1.29, 1.82) is 0 Å². The van der Waals surface area contributed by atoms with E-state index >= 15 is 0 Å². The first-order chi connectivity index (χ1) is 15.1. The highest BCUT2D eigenvalue weighted by atomic mass is 16.5. The predicted molar refractivity (Wildman–Crippen MR) is 120 cm³/mol. The van der Waals surface area contributed by atoms with E-state index in [1.807, 2.05) is 41.3 Å². The van der Waals surface area contributed by atoms with E-state index in [0.29, 0.717) is 24.7 Å². The van der Waals surface area contributed by atoms with Gasteiger partial charge in [-0.1, -0.05) is 13.8 Å². The first-order valence-electron chi connectivity index (χ1n) is 10.9. The number of amides is 1. The third-order valence-electron chi connectivity index (χ3n) is 6.09. The maximum absolute atomic E-state index is 13.4. The Hall–Kier alpha value is -2.89. The van der Waals surface area contributed by atoms with Crippen LogP contribution in [0.4, 0.5) is 0 Å². The van der Waals surface area contributed by atoms with Crippen molar-refractivity contribution in [3.8, 4) is 23.0 Å². The Morgan fingerprint density at radius 1 is 0.968 bits per heavy atom. The molecule has 0 aliphatic carbocycles. The van der Waals surface area contributed by atoms with Gasteiger partial charge in [-0.2, -0.15) is 0 Å². The van der Waals surface area contributed by atoms with Crippen molar-refractivity contribution in [2.24, 2.45) is 5.92 Å². The maximum Gasteiger partial charge on any atom is 0.226 e. The zero-order chi connectivity index (χ0) is 22.4. The first kappa shape index (κ1) is 22.8. The van der Waals surface area contributed by atoms with Crippen LogP contribution in [0.1, 0.15) is 43.9 Å². The quantitative estimate of drug-likeness (QED) is 0.583. The Bertz CT molecular complexity index is 876. The lowest BCUT2D eigenvalue weighted by Gasteiger charge is -2.39. The average Bonchev–Trinajstić information content (AvgIpc) is 2.82. The second-order valence-corrected chi connectivity index (χ2v) is 7.70. The summed E-state index contributed by atoms with van der Waals surface area (Å²) in [5.74, 6) is 3.09. The normalized spacial score (nSPS) is 15.4. The fourth-order valence-corrected chi connectivity index (χ4v) is 4.19. The lowest BCUT2D eigenvalue weighted by molar-refractivity contribution is -0.139. The summed E-state index contributed by atoms with van der Waals surface area (Å²) < 4.78 is 22.4. The minimum Gasteiger partial charge on any atom is -0.497 e. The maximum atomic E-state index is 13.4. The molecule has 0 spiro atoms. The molecule has 2 aromatic rings. The van der Waals surface area contributed by atoms with Crippen molar-refractivity contribution in [3.05, 3.63) is 47.5 Å². The first-order valence-corrected chi connectivity index (χ1v) is 10.9. The van der Waals surface area contributed by atoms with E-state index in [4.69, 9.17) is 18.9 Å². The molecule has 168 valence electrons. The van der Waals surface area contributed by atoms with Gasteiger partial charge < -0.3 is 23.8 Å². The van der Waals surface area contributed by atoms with Gasteiger partial charge in [-0.05, 0) is 66.8 Å². The minimum absolute atomic E-state index is 0.0187. The monoisotopic (exact) mass is 427 g/mol. The van der Waals surface area contributed by atoms with Crippen LogP contribution in [-0.2, 0) is 11.2 Å². The van der Waals surface area contributed by atoms with E-state index < -0.39 is 0 Å². The van der Waals surface area contributed by atoms with Gasteiger partial charge in [-0.3, -0.25) is 4.79 Å². The SMILES string of the molecule is CCC(CC)C(=O)N1CCc2cc(OC)c(OC)cc2[C@@H]1COc1ccc(OC)cc1. The summed E-state index contributed by atoms with van der Waals surface area (Å²) in [6, 6.07) is 11.3. The number of carbonyl (C=O) groups is 1. The average molecular weight is 428 g/mol. The summed E-state index contributed by atoms with van der Waals surface area (Å²) in [5, 5.41) is 0. The van der Waals surface area contributed by atoms with Gasteiger partial charge in [0.15, 0.2) is 11.5 Å². The third kappa shape index (κ3) is 4.89. The molecule has 1 aliphatic heterocycles. The molecule has 0 saturated heterocycles. The molecule has 0 unspecified atom stereocenters. The van der Waals surface area contributed by atoms with E-state index in [-0.39, 0.29) is 17.9 Å². The number of fused-ring (bicyclic) bond motifs is 1. The number of nitrogens with zero attached hydrogens (tertiary/aromatic N) is 1. The molecule has 0 N–H and O–H groups in total. The van der Waals surface area contributed by atoms with Crippen LogP contribution < -0.4 is 18.9 Å². The number of ether oxygens (including phenoxy) is 4. The second kappa shape index (κ2) is 10.4. The number of hydrogen-bond acceptors (Lipinski definition) is 5. The van der Waals surface area contributed by atoms with Crippen LogP contribution in [0.3, 0.4) is 0 Å². The van der Waals surface area contributed by atoms with Crippen LogP contribution in [0.5, 0.6) is 23.0 Å². The lowest BCUT2D eigenvalue weighted by Crippen LogP contribution is -2.45. The summed E-state index contributed by atoms with van der Waals surface area (Å²) >= 11 is 0. The van der Waals surface area contributed by atoms with Crippen molar-refractivity contribution in [2.45, 2.75) is 39.2 Å². The number of rotatable bonds is 9. The lowest BCUT2D eigenvalue weighted by atomic mass is 9.90. The van der Waals surface area contributed by atoms with Crippen molar-refractivity contribution in [1.82, 2.24) is 4.90 Å². The molecule has 0 aromatic heterocycles. The molecule has 31 heavy (non-hydrogen) atoms. The standard InChI is InChI=1S/C25H33NO5/c1-6-17(7-2)25(27)26-13-12-18-14-23(29-4)24(30-5)15-21(18)22(26)16-31-20-10-8-19(28-3)9-11-20/h8-11,14-15,17,22H,6-7,12-13,16H2,1-5H3/t22-/m0/s1. The molecule has 1 atom stereocenters. The van der Waals surface area contributed by atoms with Gasteiger partial charge in [-0.25, -0.2) is 0 Å². The Labute approximate surface area is 185 Å². The van der Waals surface area contributed by atoms with Crippen molar-refractivity contribution < 1.29 is 23.7 Å². The summed E-state index contributed by atoms with van der Waals surface area (Å²) in [4.78, 5) is 15.3. The van der Waals surface area contributed by atoms with E-state index in [1.165, 1.54) is 0 Å². The Morgan fingerprint density at radius 3 is 2.16 bits per heavy atom. The largest absolute Gasteiger partial charge is 0.497 e. The highest BCUT2D eigenvalue weighted by molar-refractivity contribution is 5.79. The number of benzene rings is 2. The van der Waals surface area contributed by atoms with Crippen LogP contribution in [0, 0.1) is 5.92 Å². The highest BCUT2D eigenvalue weighted by Crippen LogP contribution is 2.39. The van der Waals surface area contributed by atoms with Crippen LogP contribution in [0.15, 0.2) is 36.4 Å². The molecule has 6 nitrogen and oxygen atoms in total. The van der Waals surface area contributed by atoms with Crippen LogP contribution in [0.25, 0.3) is 0 Å². The Balaban J connectivity index is 1.94. The Morgan fingerprint density at radius 2 is 1.58 bits per heavy atom. The van der Waals surface area contributed by atoms with Gasteiger partial charge in [0.05, 0.1) is 27.4 Å². The van der Waals surface area contributed by atoms with Gasteiger partial charge in [-0.15, -0.1) is 0 Å². The highest BCUT2D eigenvalue weighted by Gasteiger charge is 2.34. The predicted octanol–water partition coefficient (Wildman–Crippen LogP) is 4.65. The molecule has 0 fully saturated rings. The van der Waals surface area contributed by atoms with Gasteiger partial charge in [0.1, 0.15) is 18.1 Å². The summed E-state index contributed by atoms with van der Waals surface area (Å²) in [7, 11) is 4.90. The molecular weight excluding hydrogens is 394 g/mol. The topological polar surface area (TPSA) is 57.2 Å². The van der Waals surface area contributed by atoms with E-state index in [0.717, 1.165) is 41.9 Å². The van der Waals surface area contributed by atoms with Gasteiger partial charge in [0.2, 0.25) is 5.91 Å². The fourth-order valence-electron chi connectivity index (χ4n) is 4.19. The zero-order valence-corrected chi connectivity index (χ0v) is 19.1. The van der Waals surface area contributed by atoms with E-state index in [2.05, 4.69) is 13.8 Å². The minimum atomic E-state index is -0.196. The third-order valence-corrected chi connectivity index (χ3v) is 6.09. The van der Waals surface area contributed by atoms with E-state index in [9.17, 15) is 4.79 Å².